The molecule has 4 atom stereocenters. The van der Waals surface area contributed by atoms with Gasteiger partial charge in [0.25, 0.3) is 0 Å². The van der Waals surface area contributed by atoms with Crippen LogP contribution in [0.25, 0.3) is 10.9 Å². The molecule has 0 bridgehead atoms. The van der Waals surface area contributed by atoms with E-state index in [-0.39, 0.29) is 25.2 Å². The maximum atomic E-state index is 13.7. The third-order valence-corrected chi connectivity index (χ3v) is 6.68. The van der Waals surface area contributed by atoms with Gasteiger partial charge in [0.05, 0.1) is 6.04 Å². The number of aromatic nitrogens is 1. The molecular formula is C29H38N8O5. The van der Waals surface area contributed by atoms with Crippen LogP contribution in [-0.2, 0) is 32.0 Å². The zero-order valence-corrected chi connectivity index (χ0v) is 23.4. The minimum Gasteiger partial charge on any atom is -0.480 e. The molecule has 0 saturated carbocycles. The van der Waals surface area contributed by atoms with Crippen LogP contribution in [-0.4, -0.2) is 70.5 Å². The number of carboxylic acids is 1. The summed E-state index contributed by atoms with van der Waals surface area (Å²) < 4.78 is 0. The number of carboxylic acid groups (broad SMARTS) is 1. The quantitative estimate of drug-likeness (QED) is 0.0687. The summed E-state index contributed by atoms with van der Waals surface area (Å²) in [6, 6.07) is 12.2. The Hall–Kier alpha value is -4.91. The highest BCUT2D eigenvalue weighted by Crippen LogP contribution is 2.19. The van der Waals surface area contributed by atoms with E-state index in [0.29, 0.717) is 13.0 Å². The lowest BCUT2D eigenvalue weighted by molar-refractivity contribution is -0.141. The Morgan fingerprint density at radius 1 is 0.881 bits per heavy atom. The number of fused-ring (bicyclic) bond motifs is 1. The average Bonchev–Trinajstić information content (AvgIpc) is 3.37. The van der Waals surface area contributed by atoms with Crippen molar-refractivity contribution in [2.45, 2.75) is 56.8 Å². The molecule has 11 N–H and O–H groups in total. The largest absolute Gasteiger partial charge is 0.480 e. The van der Waals surface area contributed by atoms with Crippen molar-refractivity contribution in [1.82, 2.24) is 20.9 Å². The number of aromatic amines is 1. The molecule has 42 heavy (non-hydrogen) atoms. The molecule has 0 radical (unpaired) electrons. The Bertz CT molecular complexity index is 1400. The number of para-hydroxylation sites is 1. The third-order valence-electron chi connectivity index (χ3n) is 6.68. The maximum Gasteiger partial charge on any atom is 0.325 e. The van der Waals surface area contributed by atoms with Crippen molar-refractivity contribution >= 4 is 40.6 Å². The average molecular weight is 579 g/mol. The van der Waals surface area contributed by atoms with Crippen molar-refractivity contribution in [2.75, 3.05) is 6.54 Å². The van der Waals surface area contributed by atoms with E-state index in [1.807, 2.05) is 30.3 Å². The number of aliphatic imine (C=N–C) groups is 1. The van der Waals surface area contributed by atoms with Gasteiger partial charge >= 0.3 is 5.97 Å². The number of nitrogens with one attached hydrogen (secondary N) is 4. The lowest BCUT2D eigenvalue weighted by Crippen LogP contribution is -2.57. The van der Waals surface area contributed by atoms with Crippen LogP contribution in [0.15, 0.2) is 65.8 Å². The van der Waals surface area contributed by atoms with E-state index in [0.717, 1.165) is 22.0 Å². The monoisotopic (exact) mass is 578 g/mol. The molecule has 2 aromatic carbocycles. The summed E-state index contributed by atoms with van der Waals surface area (Å²) in [5, 5.41) is 18.0. The standard InChI is InChI=1S/C29H38N8O5/c1-17(28(41)42)35-26(39)23(14-18-8-3-2-4-9-18)37-27(40)24(15-19-16-34-22-12-6-5-10-20(19)22)36-25(38)21(30)11-7-13-33-29(31)32/h2-6,8-10,12,16-17,21,23-24,34H,7,11,13-15,30H2,1H3,(H,35,39)(H,36,38)(H,37,40)(H,41,42)(H4,31,32,33). The van der Waals surface area contributed by atoms with Crippen molar-refractivity contribution in [3.05, 3.63) is 71.9 Å². The number of hydrogen-bond acceptors (Lipinski definition) is 6. The molecule has 0 aliphatic rings. The van der Waals surface area contributed by atoms with E-state index in [1.54, 1.807) is 30.5 Å². The first kappa shape index (κ1) is 31.6. The van der Waals surface area contributed by atoms with Gasteiger partial charge in [-0.3, -0.25) is 24.2 Å². The maximum absolute atomic E-state index is 13.7. The molecule has 0 saturated heterocycles. The molecule has 3 rings (SSSR count). The first-order chi connectivity index (χ1) is 20.0. The van der Waals surface area contributed by atoms with Gasteiger partial charge in [0, 0.05) is 36.5 Å². The number of hydrogen-bond donors (Lipinski definition) is 8. The fourth-order valence-electron chi connectivity index (χ4n) is 4.37. The molecule has 3 amide bonds. The predicted octanol–water partition coefficient (Wildman–Crippen LogP) is -0.107. The van der Waals surface area contributed by atoms with E-state index in [4.69, 9.17) is 17.2 Å². The van der Waals surface area contributed by atoms with Gasteiger partial charge in [-0.25, -0.2) is 0 Å². The van der Waals surface area contributed by atoms with Crippen molar-refractivity contribution in [3.8, 4) is 0 Å². The van der Waals surface area contributed by atoms with E-state index in [1.165, 1.54) is 6.92 Å². The number of nitrogens with zero attached hydrogens (tertiary/aromatic N) is 1. The normalized spacial score (nSPS) is 13.8. The zero-order valence-electron chi connectivity index (χ0n) is 23.4. The predicted molar refractivity (Wildman–Crippen MR) is 159 cm³/mol. The molecule has 0 aliphatic carbocycles. The van der Waals surface area contributed by atoms with Crippen LogP contribution in [0.1, 0.15) is 30.9 Å². The van der Waals surface area contributed by atoms with E-state index >= 15 is 0 Å². The summed E-state index contributed by atoms with van der Waals surface area (Å²) in [7, 11) is 0. The molecule has 13 nitrogen and oxygen atoms in total. The molecule has 3 aromatic rings. The van der Waals surface area contributed by atoms with Gasteiger partial charge in [-0.2, -0.15) is 0 Å². The van der Waals surface area contributed by atoms with Gasteiger partial charge < -0.3 is 43.2 Å². The van der Waals surface area contributed by atoms with Crippen LogP contribution in [0.2, 0.25) is 0 Å². The number of aliphatic carboxylic acids is 1. The van der Waals surface area contributed by atoms with Gasteiger partial charge in [-0.1, -0.05) is 48.5 Å². The van der Waals surface area contributed by atoms with Crippen LogP contribution in [0.4, 0.5) is 0 Å². The van der Waals surface area contributed by atoms with Crippen LogP contribution < -0.4 is 33.2 Å². The van der Waals surface area contributed by atoms with Gasteiger partial charge in [0.15, 0.2) is 5.96 Å². The summed E-state index contributed by atoms with van der Waals surface area (Å²) in [5.74, 6) is -3.12. The van der Waals surface area contributed by atoms with E-state index < -0.39 is 47.9 Å². The number of guanidine groups is 1. The number of carbonyl (C=O) groups is 4. The third kappa shape index (κ3) is 9.34. The Balaban J connectivity index is 1.83. The number of nitrogens with two attached hydrogens (primary N) is 3. The molecule has 224 valence electrons. The number of rotatable bonds is 15. The zero-order chi connectivity index (χ0) is 30.6. The smallest absolute Gasteiger partial charge is 0.325 e. The Labute approximate surface area is 243 Å². The lowest BCUT2D eigenvalue weighted by Gasteiger charge is -2.25. The van der Waals surface area contributed by atoms with Gasteiger partial charge in [0.1, 0.15) is 18.1 Å². The molecule has 0 fully saturated rings. The summed E-state index contributed by atoms with van der Waals surface area (Å²) in [6.45, 7) is 1.63. The Morgan fingerprint density at radius 2 is 1.50 bits per heavy atom. The van der Waals surface area contributed by atoms with Gasteiger partial charge in [-0.15, -0.1) is 0 Å². The topological polar surface area (TPSA) is 231 Å². The first-order valence-electron chi connectivity index (χ1n) is 13.6. The van der Waals surface area contributed by atoms with Crippen LogP contribution in [0.3, 0.4) is 0 Å². The summed E-state index contributed by atoms with van der Waals surface area (Å²) in [6.07, 6.45) is 2.69. The molecule has 4 unspecified atom stereocenters. The van der Waals surface area contributed by atoms with E-state index in [2.05, 4.69) is 25.9 Å². The summed E-state index contributed by atoms with van der Waals surface area (Å²) in [5.41, 5.74) is 19.2. The highest BCUT2D eigenvalue weighted by molar-refractivity contribution is 5.95. The molecule has 1 heterocycles. The van der Waals surface area contributed by atoms with Gasteiger partial charge in [-0.05, 0) is 37.0 Å². The highest BCUT2D eigenvalue weighted by atomic mass is 16.4. The van der Waals surface area contributed by atoms with Crippen molar-refractivity contribution in [3.63, 3.8) is 0 Å². The van der Waals surface area contributed by atoms with Crippen molar-refractivity contribution < 1.29 is 24.3 Å². The Morgan fingerprint density at radius 3 is 2.19 bits per heavy atom. The minimum atomic E-state index is -1.22. The number of amides is 3. The van der Waals surface area contributed by atoms with Gasteiger partial charge in [0.2, 0.25) is 17.7 Å². The van der Waals surface area contributed by atoms with Crippen molar-refractivity contribution in [2.24, 2.45) is 22.2 Å². The second-order valence-electron chi connectivity index (χ2n) is 10.00. The van der Waals surface area contributed by atoms with Crippen LogP contribution in [0.5, 0.6) is 0 Å². The molecular weight excluding hydrogens is 540 g/mol. The fourth-order valence-corrected chi connectivity index (χ4v) is 4.37. The second kappa shape index (κ2) is 15.2. The van der Waals surface area contributed by atoms with Crippen LogP contribution >= 0.6 is 0 Å². The molecule has 13 heteroatoms. The SMILES string of the molecule is CC(NC(=O)C(Cc1ccccc1)NC(=O)C(Cc1c[nH]c2ccccc12)NC(=O)C(N)CCCN=C(N)N)C(=O)O. The number of carbonyl (C=O) groups excluding carboxylic acids is 3. The molecule has 0 spiro atoms. The van der Waals surface area contributed by atoms with E-state index in [9.17, 15) is 24.3 Å². The summed E-state index contributed by atoms with van der Waals surface area (Å²) >= 11 is 0. The summed E-state index contributed by atoms with van der Waals surface area (Å²) in [4.78, 5) is 58.3. The number of benzene rings is 2. The second-order valence-corrected chi connectivity index (χ2v) is 10.00. The molecule has 1 aromatic heterocycles. The first-order valence-corrected chi connectivity index (χ1v) is 13.6. The highest BCUT2D eigenvalue weighted by Gasteiger charge is 2.30. The minimum absolute atomic E-state index is 0.0599. The fraction of sp³-hybridized carbons (Fsp3) is 0.345. The Kier molecular flexibility index (Phi) is 11.4. The number of H-pyrrole nitrogens is 1. The van der Waals surface area contributed by atoms with Crippen molar-refractivity contribution in [1.29, 1.82) is 0 Å². The van der Waals surface area contributed by atoms with Crippen LogP contribution in [0, 0.1) is 0 Å². The molecule has 0 aliphatic heterocycles. The lowest BCUT2D eigenvalue weighted by atomic mass is 10.0.